The van der Waals surface area contributed by atoms with Crippen molar-refractivity contribution in [3.05, 3.63) is 0 Å². The molecule has 1 aliphatic rings. The molecular weight excluding hydrogens is 372 g/mol. The van der Waals surface area contributed by atoms with Gasteiger partial charge in [0.15, 0.2) is 5.25 Å². The normalized spacial score (nSPS) is 33.2. The maximum absolute atomic E-state index is 10.9. The van der Waals surface area contributed by atoms with E-state index < -0.39 is 76.4 Å². The molecule has 1 aliphatic heterocycles. The molecule has 144 valence electrons. The zero-order chi connectivity index (χ0) is 18.7. The van der Waals surface area contributed by atoms with Crippen LogP contribution in [0, 0.1) is 0 Å². The van der Waals surface area contributed by atoms with Gasteiger partial charge in [0, 0.05) is 10.9 Å². The molecule has 0 aromatic heterocycles. The highest BCUT2D eigenvalue weighted by Gasteiger charge is 2.51. The highest BCUT2D eigenvalue weighted by molar-refractivity contribution is 7.97. The van der Waals surface area contributed by atoms with Crippen LogP contribution in [0.3, 0.4) is 0 Å². The molecule has 1 fully saturated rings. The Hall–Kier alpha value is -0.0600. The Labute approximate surface area is 141 Å². The summed E-state index contributed by atoms with van der Waals surface area (Å²) < 4.78 is 34.7. The highest BCUT2D eigenvalue weighted by Crippen LogP contribution is 2.26. The van der Waals surface area contributed by atoms with Crippen molar-refractivity contribution in [2.24, 2.45) is 0 Å². The largest absolute Gasteiger partial charge is 0.397 e. The van der Waals surface area contributed by atoms with E-state index in [0.29, 0.717) is 0 Å². The smallest absolute Gasteiger partial charge is 0.394 e. The fourth-order valence-electron chi connectivity index (χ4n) is 2.42. The van der Waals surface area contributed by atoms with E-state index in [0.717, 1.165) is 0 Å². The molecule has 0 amide bonds. The lowest BCUT2D eigenvalue weighted by molar-refractivity contribution is -0.0999. The number of hydrogen-bond donors (Lipinski definition) is 8. The lowest BCUT2D eigenvalue weighted by Crippen LogP contribution is -2.51. The van der Waals surface area contributed by atoms with Crippen LogP contribution >= 0.6 is 0 Å². The number of rotatable bonds is 9. The van der Waals surface area contributed by atoms with Crippen molar-refractivity contribution >= 4 is 21.3 Å². The minimum Gasteiger partial charge on any atom is -0.394 e. The van der Waals surface area contributed by atoms with Crippen molar-refractivity contribution in [2.45, 2.75) is 41.9 Å². The first-order valence-corrected chi connectivity index (χ1v) is 9.95. The first-order valence-electron chi connectivity index (χ1n) is 6.95. The molecule has 1 heterocycles. The van der Waals surface area contributed by atoms with Crippen LogP contribution in [0.1, 0.15) is 0 Å². The van der Waals surface area contributed by atoms with Gasteiger partial charge in [-0.05, 0) is 0 Å². The second kappa shape index (κ2) is 9.05. The molecule has 8 atom stereocenters. The average Bonchev–Trinajstić information content (AvgIpc) is 2.76. The van der Waals surface area contributed by atoms with Crippen LogP contribution in [-0.2, 0) is 25.5 Å². The van der Waals surface area contributed by atoms with E-state index in [-0.39, 0.29) is 11.5 Å². The molecule has 0 radical (unpaired) electrons. The van der Waals surface area contributed by atoms with Gasteiger partial charge in [0.05, 0.1) is 13.2 Å². The predicted octanol–water partition coefficient (Wildman–Crippen LogP) is -5.04. The Morgan fingerprint density at radius 3 is 2.17 bits per heavy atom. The maximum atomic E-state index is 10.9. The van der Waals surface area contributed by atoms with Gasteiger partial charge in [-0.25, -0.2) is 4.18 Å². The van der Waals surface area contributed by atoms with E-state index in [1.807, 2.05) is 0 Å². The molecule has 0 saturated carbocycles. The molecule has 0 aromatic rings. The Morgan fingerprint density at radius 1 is 1.12 bits per heavy atom. The molecule has 24 heavy (non-hydrogen) atoms. The van der Waals surface area contributed by atoms with E-state index in [2.05, 4.69) is 4.18 Å². The summed E-state index contributed by atoms with van der Waals surface area (Å²) in [4.78, 5) is 0. The zero-order valence-electron chi connectivity index (χ0n) is 12.5. The van der Waals surface area contributed by atoms with Gasteiger partial charge >= 0.3 is 10.4 Å². The maximum Gasteiger partial charge on any atom is 0.397 e. The molecule has 13 heteroatoms. The predicted molar refractivity (Wildman–Crippen MR) is 81.5 cm³/mol. The summed E-state index contributed by atoms with van der Waals surface area (Å²) in [6.45, 7) is -1.44. The van der Waals surface area contributed by atoms with E-state index in [1.165, 1.54) is 0 Å². The first kappa shape index (κ1) is 22.0. The van der Waals surface area contributed by atoms with Gasteiger partial charge in [-0.1, -0.05) is 0 Å². The fourth-order valence-corrected chi connectivity index (χ4v) is 5.63. The number of hydrogen-bond acceptors (Lipinski definition) is 10. The SMILES string of the molecule is O=S(=O)(O)O[C@@H]([C@H](O)[C@H](O)CO)[C@@H](O)C[S+]1C[C@H](O)[C@@H](O)[C@@H]1CO. The van der Waals surface area contributed by atoms with Crippen molar-refractivity contribution in [3.8, 4) is 0 Å². The van der Waals surface area contributed by atoms with Gasteiger partial charge in [-0.2, -0.15) is 8.42 Å². The third-order valence-electron chi connectivity index (χ3n) is 3.68. The summed E-state index contributed by atoms with van der Waals surface area (Å²) >= 11 is 0. The second-order valence-corrected chi connectivity index (χ2v) is 8.84. The highest BCUT2D eigenvalue weighted by atomic mass is 32.3. The van der Waals surface area contributed by atoms with Crippen LogP contribution in [0.4, 0.5) is 0 Å². The van der Waals surface area contributed by atoms with Crippen LogP contribution in [0.25, 0.3) is 0 Å². The zero-order valence-corrected chi connectivity index (χ0v) is 14.1. The van der Waals surface area contributed by atoms with Crippen molar-refractivity contribution in [1.29, 1.82) is 0 Å². The van der Waals surface area contributed by atoms with Crippen molar-refractivity contribution in [3.63, 3.8) is 0 Å². The van der Waals surface area contributed by atoms with Crippen molar-refractivity contribution < 1.29 is 52.9 Å². The van der Waals surface area contributed by atoms with E-state index >= 15 is 0 Å². The average molecular weight is 395 g/mol. The summed E-state index contributed by atoms with van der Waals surface area (Å²) in [5, 5.41) is 66.0. The van der Waals surface area contributed by atoms with Gasteiger partial charge in [-0.3, -0.25) is 4.55 Å². The standard InChI is InChI=1S/C11H22O11S2/c12-1-5(14)10(18)11(22-24(19,20)21)7(16)4-23-3-6(15)9(17)8(23)2-13/h5-18H,1-4H2/p+1/t5-,6+,7+,8+,9-,10-,11-,23?/m1/s1. The quantitative estimate of drug-likeness (QED) is 0.137. The van der Waals surface area contributed by atoms with Crippen LogP contribution < -0.4 is 0 Å². The summed E-state index contributed by atoms with van der Waals surface area (Å²) in [6, 6.07) is 0. The third kappa shape index (κ3) is 5.74. The first-order chi connectivity index (χ1) is 11.0. The molecular formula is C11H23O11S2+. The summed E-state index contributed by atoms with van der Waals surface area (Å²) in [5.74, 6) is -0.255. The van der Waals surface area contributed by atoms with Gasteiger partial charge in [0.2, 0.25) is 0 Å². The minimum atomic E-state index is -5.09. The van der Waals surface area contributed by atoms with Crippen molar-refractivity contribution in [1.82, 2.24) is 0 Å². The monoisotopic (exact) mass is 395 g/mol. The lowest BCUT2D eigenvalue weighted by atomic mass is 10.0. The Bertz CT molecular complexity index is 486. The lowest BCUT2D eigenvalue weighted by Gasteiger charge is -2.28. The van der Waals surface area contributed by atoms with Gasteiger partial charge in [-0.15, -0.1) is 0 Å². The van der Waals surface area contributed by atoms with E-state index in [1.54, 1.807) is 0 Å². The van der Waals surface area contributed by atoms with Crippen molar-refractivity contribution in [2.75, 3.05) is 24.7 Å². The second-order valence-electron chi connectivity index (χ2n) is 5.45. The molecule has 11 nitrogen and oxygen atoms in total. The van der Waals surface area contributed by atoms with Gasteiger partial charge < -0.3 is 35.7 Å². The molecule has 0 aliphatic carbocycles. The molecule has 0 bridgehead atoms. The van der Waals surface area contributed by atoms with E-state index in [4.69, 9.17) is 9.66 Å². The van der Waals surface area contributed by atoms with Crippen LogP contribution in [0.2, 0.25) is 0 Å². The Kier molecular flexibility index (Phi) is 8.28. The number of aliphatic hydroxyl groups excluding tert-OH is 7. The molecule has 1 saturated heterocycles. The Balaban J connectivity index is 2.89. The topological polar surface area (TPSA) is 205 Å². The Morgan fingerprint density at radius 2 is 1.71 bits per heavy atom. The molecule has 0 spiro atoms. The third-order valence-corrected chi connectivity index (χ3v) is 6.97. The minimum absolute atomic E-state index is 0.0285. The molecule has 8 N–H and O–H groups in total. The van der Waals surface area contributed by atoms with Gasteiger partial charge in [0.25, 0.3) is 0 Å². The number of aliphatic hydroxyl groups is 7. The van der Waals surface area contributed by atoms with E-state index in [9.17, 15) is 39.1 Å². The van der Waals surface area contributed by atoms with Crippen LogP contribution in [-0.4, -0.2) is 115 Å². The van der Waals surface area contributed by atoms with Crippen LogP contribution in [0.15, 0.2) is 0 Å². The molecule has 1 rings (SSSR count). The van der Waals surface area contributed by atoms with Crippen LogP contribution in [0.5, 0.6) is 0 Å². The molecule has 0 aromatic carbocycles. The van der Waals surface area contributed by atoms with Gasteiger partial charge in [0.1, 0.15) is 48.1 Å². The summed E-state index contributed by atoms with van der Waals surface area (Å²) in [5.41, 5.74) is 0. The summed E-state index contributed by atoms with van der Waals surface area (Å²) in [6.07, 6.45) is -9.98. The molecule has 1 unspecified atom stereocenters. The fraction of sp³-hybridized carbons (Fsp3) is 1.00. The summed E-state index contributed by atoms with van der Waals surface area (Å²) in [7, 11) is -6.03.